The molecule has 17 heavy (non-hydrogen) atoms. The molecule has 11 heteroatoms. The van der Waals surface area contributed by atoms with Gasteiger partial charge in [0.25, 0.3) is 6.43 Å². The van der Waals surface area contributed by atoms with E-state index in [0.29, 0.717) is 6.20 Å². The van der Waals surface area contributed by atoms with E-state index >= 15 is 0 Å². The van der Waals surface area contributed by atoms with Crippen LogP contribution in [-0.4, -0.2) is 18.3 Å². The van der Waals surface area contributed by atoms with E-state index in [0.717, 1.165) is 0 Å². The summed E-state index contributed by atoms with van der Waals surface area (Å²) in [6.45, 7) is 0. The number of primary sulfonamides is 1. The zero-order valence-electron chi connectivity index (χ0n) is 7.80. The summed E-state index contributed by atoms with van der Waals surface area (Å²) in [6, 6.07) is 0. The van der Waals surface area contributed by atoms with Crippen LogP contribution in [-0.2, 0) is 10.0 Å². The fourth-order valence-electron chi connectivity index (χ4n) is 1.01. The molecule has 0 bridgehead atoms. The molecule has 0 saturated heterocycles. The van der Waals surface area contributed by atoms with Crippen molar-refractivity contribution in [2.45, 2.75) is 11.3 Å². The van der Waals surface area contributed by atoms with Gasteiger partial charge in [0, 0.05) is 6.20 Å². The quantitative estimate of drug-likeness (QED) is 0.481. The van der Waals surface area contributed by atoms with Crippen molar-refractivity contribution in [3.05, 3.63) is 25.6 Å². The summed E-state index contributed by atoms with van der Waals surface area (Å²) in [5, 5.41) is 15.4. The Hall–Kier alpha value is -0.950. The normalized spacial score (nSPS) is 11.8. The van der Waals surface area contributed by atoms with E-state index in [4.69, 9.17) is 5.14 Å². The molecule has 0 amide bonds. The summed E-state index contributed by atoms with van der Waals surface area (Å²) in [5.74, 6) is 0. The van der Waals surface area contributed by atoms with Crippen molar-refractivity contribution in [1.29, 1.82) is 0 Å². The molecule has 1 aromatic rings. The third-order valence-electron chi connectivity index (χ3n) is 1.68. The summed E-state index contributed by atoms with van der Waals surface area (Å²) in [7, 11) is -4.25. The van der Waals surface area contributed by atoms with E-state index in [1.165, 1.54) is 22.6 Å². The van der Waals surface area contributed by atoms with E-state index in [1.54, 1.807) is 0 Å². The molecule has 0 atom stereocenters. The standard InChI is InChI=1S/C6H4F2IN3O4S/c7-6(8)4-5(12(13)14)3(9)2(1-11-4)17(10,15)16/h1,6H,(H2,10,15,16). The van der Waals surface area contributed by atoms with Crippen LogP contribution in [0, 0.1) is 13.7 Å². The Bertz CT molecular complexity index is 577. The van der Waals surface area contributed by atoms with Crippen molar-refractivity contribution in [2.24, 2.45) is 5.14 Å². The Labute approximate surface area is 107 Å². The number of nitrogens with zero attached hydrogens (tertiary/aromatic N) is 2. The van der Waals surface area contributed by atoms with Crippen LogP contribution in [0.25, 0.3) is 0 Å². The highest BCUT2D eigenvalue weighted by atomic mass is 127. The van der Waals surface area contributed by atoms with Gasteiger partial charge in [-0.2, -0.15) is 0 Å². The Balaban J connectivity index is 3.67. The van der Waals surface area contributed by atoms with Crippen LogP contribution in [0.5, 0.6) is 0 Å². The number of rotatable bonds is 3. The van der Waals surface area contributed by atoms with E-state index in [9.17, 15) is 27.3 Å². The van der Waals surface area contributed by atoms with Crippen LogP contribution in [0.1, 0.15) is 12.1 Å². The second-order valence-electron chi connectivity index (χ2n) is 2.77. The Kier molecular flexibility index (Phi) is 3.93. The van der Waals surface area contributed by atoms with Crippen molar-refractivity contribution >= 4 is 38.3 Å². The third kappa shape index (κ3) is 2.84. The molecule has 7 nitrogen and oxygen atoms in total. The molecule has 0 fully saturated rings. The van der Waals surface area contributed by atoms with Crippen LogP contribution < -0.4 is 5.14 Å². The molecule has 1 rings (SSSR count). The van der Waals surface area contributed by atoms with Crippen molar-refractivity contribution in [3.63, 3.8) is 0 Å². The Morgan fingerprint density at radius 2 is 2.06 bits per heavy atom. The average molecular weight is 379 g/mol. The van der Waals surface area contributed by atoms with Crippen molar-refractivity contribution in [2.75, 3.05) is 0 Å². The SMILES string of the molecule is NS(=O)(=O)c1cnc(C(F)F)c([N+](=O)[O-])c1I. The minimum Gasteiger partial charge on any atom is -0.258 e. The summed E-state index contributed by atoms with van der Waals surface area (Å²) >= 11 is 1.27. The van der Waals surface area contributed by atoms with Gasteiger partial charge in [0.1, 0.15) is 8.47 Å². The van der Waals surface area contributed by atoms with Gasteiger partial charge in [-0.25, -0.2) is 27.3 Å². The molecule has 0 saturated carbocycles. The van der Waals surface area contributed by atoms with Crippen LogP contribution in [0.2, 0.25) is 0 Å². The summed E-state index contributed by atoms with van der Waals surface area (Å²) in [4.78, 5) is 11.9. The van der Waals surface area contributed by atoms with E-state index in [1.807, 2.05) is 0 Å². The van der Waals surface area contributed by atoms with E-state index < -0.39 is 41.2 Å². The molecular weight excluding hydrogens is 375 g/mol. The maximum absolute atomic E-state index is 12.4. The second-order valence-corrected chi connectivity index (χ2v) is 5.38. The first-order valence-corrected chi connectivity index (χ1v) is 6.42. The number of alkyl halides is 2. The van der Waals surface area contributed by atoms with E-state index in [2.05, 4.69) is 4.98 Å². The van der Waals surface area contributed by atoms with Gasteiger partial charge in [-0.1, -0.05) is 0 Å². The lowest BCUT2D eigenvalue weighted by molar-refractivity contribution is -0.387. The van der Waals surface area contributed by atoms with Gasteiger partial charge < -0.3 is 0 Å². The maximum Gasteiger partial charge on any atom is 0.311 e. The highest BCUT2D eigenvalue weighted by Crippen LogP contribution is 2.34. The smallest absolute Gasteiger partial charge is 0.258 e. The molecule has 0 aliphatic rings. The van der Waals surface area contributed by atoms with Gasteiger partial charge in [-0.15, -0.1) is 0 Å². The predicted octanol–water partition coefficient (Wildman–Crippen LogP) is 1.18. The summed E-state index contributed by atoms with van der Waals surface area (Å²) < 4.78 is 46.5. The van der Waals surface area contributed by atoms with Gasteiger partial charge in [-0.3, -0.25) is 10.1 Å². The highest BCUT2D eigenvalue weighted by Gasteiger charge is 2.31. The maximum atomic E-state index is 12.4. The van der Waals surface area contributed by atoms with Crippen LogP contribution in [0.3, 0.4) is 0 Å². The first-order valence-electron chi connectivity index (χ1n) is 3.80. The van der Waals surface area contributed by atoms with Crippen molar-refractivity contribution in [3.8, 4) is 0 Å². The lowest BCUT2D eigenvalue weighted by Crippen LogP contribution is -2.16. The number of sulfonamides is 1. The van der Waals surface area contributed by atoms with Gasteiger partial charge in [0.05, 0.1) is 4.92 Å². The van der Waals surface area contributed by atoms with Crippen LogP contribution in [0.4, 0.5) is 14.5 Å². The number of hydrogen-bond donors (Lipinski definition) is 1. The van der Waals surface area contributed by atoms with Crippen LogP contribution >= 0.6 is 22.6 Å². The Morgan fingerprint density at radius 3 is 2.41 bits per heavy atom. The average Bonchev–Trinajstić information content (AvgIpc) is 2.13. The molecule has 2 N–H and O–H groups in total. The van der Waals surface area contributed by atoms with Crippen molar-refractivity contribution in [1.82, 2.24) is 4.98 Å². The fourth-order valence-corrected chi connectivity index (χ4v) is 3.09. The lowest BCUT2D eigenvalue weighted by Gasteiger charge is -2.06. The number of nitrogens with two attached hydrogens (primary N) is 1. The largest absolute Gasteiger partial charge is 0.311 e. The first-order chi connectivity index (χ1) is 7.66. The molecule has 0 aromatic carbocycles. The van der Waals surface area contributed by atoms with Gasteiger partial charge in [-0.05, 0) is 22.6 Å². The Morgan fingerprint density at radius 1 is 1.53 bits per heavy atom. The topological polar surface area (TPSA) is 116 Å². The predicted molar refractivity (Wildman–Crippen MR) is 59.9 cm³/mol. The number of halogens is 3. The first kappa shape index (κ1) is 14.1. The van der Waals surface area contributed by atoms with Gasteiger partial charge >= 0.3 is 5.69 Å². The molecule has 94 valence electrons. The summed E-state index contributed by atoms with van der Waals surface area (Å²) in [5.41, 5.74) is -2.14. The lowest BCUT2D eigenvalue weighted by atomic mass is 10.3. The second kappa shape index (κ2) is 4.73. The van der Waals surface area contributed by atoms with Crippen LogP contribution in [0.15, 0.2) is 11.1 Å². The van der Waals surface area contributed by atoms with Gasteiger partial charge in [0.2, 0.25) is 10.0 Å². The number of nitro groups is 1. The number of pyridine rings is 1. The third-order valence-corrected chi connectivity index (χ3v) is 4.06. The number of hydrogen-bond acceptors (Lipinski definition) is 5. The molecule has 0 spiro atoms. The monoisotopic (exact) mass is 379 g/mol. The fraction of sp³-hybridized carbons (Fsp3) is 0.167. The molecule has 0 aliphatic carbocycles. The van der Waals surface area contributed by atoms with Crippen molar-refractivity contribution < 1.29 is 22.1 Å². The molecular formula is C6H4F2IN3O4S. The summed E-state index contributed by atoms with van der Waals surface area (Å²) in [6.07, 6.45) is -2.61. The van der Waals surface area contributed by atoms with Gasteiger partial charge in [0.15, 0.2) is 5.69 Å². The zero-order chi connectivity index (χ0) is 13.4. The minimum atomic E-state index is -4.25. The highest BCUT2D eigenvalue weighted by molar-refractivity contribution is 14.1. The minimum absolute atomic E-state index is 0.486. The number of aromatic nitrogens is 1. The zero-order valence-corrected chi connectivity index (χ0v) is 10.8. The molecule has 1 aromatic heterocycles. The van der Waals surface area contributed by atoms with E-state index in [-0.39, 0.29) is 0 Å². The molecule has 0 unspecified atom stereocenters. The molecule has 0 aliphatic heterocycles. The molecule has 1 heterocycles. The molecule has 0 radical (unpaired) electrons.